The number of hydrogen-bond donors (Lipinski definition) is 1. The van der Waals surface area contributed by atoms with Gasteiger partial charge >= 0.3 is 0 Å². The van der Waals surface area contributed by atoms with E-state index in [1.807, 2.05) is 0 Å². The van der Waals surface area contributed by atoms with Crippen molar-refractivity contribution in [2.75, 3.05) is 0 Å². The van der Waals surface area contributed by atoms with E-state index < -0.39 is 0 Å². The van der Waals surface area contributed by atoms with E-state index in [2.05, 4.69) is 57.3 Å². The minimum absolute atomic E-state index is 0.458. The second-order valence-corrected chi connectivity index (χ2v) is 6.43. The molecular formula is C20H35N. The van der Waals surface area contributed by atoms with E-state index in [0.717, 1.165) is 0 Å². The highest BCUT2D eigenvalue weighted by Crippen LogP contribution is 2.20. The maximum atomic E-state index is 3.89. The summed E-state index contributed by atoms with van der Waals surface area (Å²) in [5, 5.41) is 3.89. The molecule has 1 heteroatoms. The topological polar surface area (TPSA) is 12.0 Å². The van der Waals surface area contributed by atoms with Crippen LogP contribution < -0.4 is 5.32 Å². The van der Waals surface area contributed by atoms with Gasteiger partial charge in [-0.1, -0.05) is 76.6 Å². The highest BCUT2D eigenvalue weighted by Gasteiger charge is 2.14. The van der Waals surface area contributed by atoms with Gasteiger partial charge in [0.2, 0.25) is 0 Å². The molecule has 0 saturated heterocycles. The van der Waals surface area contributed by atoms with Gasteiger partial charge in [-0.05, 0) is 37.8 Å². The quantitative estimate of drug-likeness (QED) is 0.480. The fraction of sp³-hybridized carbons (Fsp3) is 0.700. The van der Waals surface area contributed by atoms with E-state index in [1.54, 1.807) is 0 Å². The lowest BCUT2D eigenvalue weighted by Crippen LogP contribution is -2.32. The first-order valence-corrected chi connectivity index (χ1v) is 9.00. The van der Waals surface area contributed by atoms with Gasteiger partial charge in [0.25, 0.3) is 0 Å². The molecule has 0 heterocycles. The van der Waals surface area contributed by atoms with Crippen molar-refractivity contribution in [3.8, 4) is 0 Å². The summed E-state index contributed by atoms with van der Waals surface area (Å²) in [5.41, 5.74) is 2.85. The Morgan fingerprint density at radius 2 is 1.48 bits per heavy atom. The molecule has 1 atom stereocenters. The van der Waals surface area contributed by atoms with Gasteiger partial charge in [-0.2, -0.15) is 0 Å². The van der Waals surface area contributed by atoms with Crippen LogP contribution in [0.2, 0.25) is 0 Å². The molecular weight excluding hydrogens is 254 g/mol. The van der Waals surface area contributed by atoms with Crippen LogP contribution in [0.25, 0.3) is 0 Å². The Kier molecular flexibility index (Phi) is 9.41. The molecule has 0 aliphatic rings. The molecule has 0 aliphatic heterocycles. The van der Waals surface area contributed by atoms with Gasteiger partial charge in [-0.15, -0.1) is 0 Å². The van der Waals surface area contributed by atoms with Crippen LogP contribution in [0.1, 0.15) is 89.3 Å². The molecule has 0 fully saturated rings. The smallest absolute Gasteiger partial charge is 0.0296 e. The van der Waals surface area contributed by atoms with Crippen molar-refractivity contribution in [1.82, 2.24) is 5.32 Å². The molecule has 21 heavy (non-hydrogen) atoms. The highest BCUT2D eigenvalue weighted by molar-refractivity contribution is 5.28. The number of hydrogen-bond acceptors (Lipinski definition) is 1. The van der Waals surface area contributed by atoms with Crippen molar-refractivity contribution < 1.29 is 0 Å². The van der Waals surface area contributed by atoms with Crippen molar-refractivity contribution >= 4 is 0 Å². The number of nitrogens with one attached hydrogen (secondary N) is 1. The Morgan fingerprint density at radius 1 is 0.905 bits per heavy atom. The monoisotopic (exact) mass is 289 g/mol. The molecule has 1 aromatic carbocycles. The number of aryl methyl sites for hydroxylation is 1. The first-order chi connectivity index (χ1) is 10.2. The van der Waals surface area contributed by atoms with Crippen LogP contribution >= 0.6 is 0 Å². The van der Waals surface area contributed by atoms with Crippen LogP contribution in [0, 0.1) is 6.92 Å². The normalized spacial score (nSPS) is 12.8. The third-order valence-electron chi connectivity index (χ3n) is 4.45. The van der Waals surface area contributed by atoms with Crippen LogP contribution in [0.3, 0.4) is 0 Å². The molecule has 0 amide bonds. The minimum Gasteiger partial charge on any atom is -0.307 e. The Morgan fingerprint density at radius 3 is 2.00 bits per heavy atom. The first-order valence-electron chi connectivity index (χ1n) is 9.00. The van der Waals surface area contributed by atoms with Crippen LogP contribution in [-0.4, -0.2) is 6.04 Å². The van der Waals surface area contributed by atoms with Gasteiger partial charge in [-0.3, -0.25) is 0 Å². The predicted molar refractivity (Wildman–Crippen MR) is 94.8 cm³/mol. The molecule has 0 aromatic heterocycles. The lowest BCUT2D eigenvalue weighted by atomic mass is 9.98. The van der Waals surface area contributed by atoms with Crippen molar-refractivity contribution in [3.05, 3.63) is 35.4 Å². The summed E-state index contributed by atoms with van der Waals surface area (Å²) in [4.78, 5) is 0. The molecule has 0 aliphatic carbocycles. The number of rotatable bonds is 11. The zero-order valence-electron chi connectivity index (χ0n) is 14.6. The summed E-state index contributed by atoms with van der Waals surface area (Å²) < 4.78 is 0. The second-order valence-electron chi connectivity index (χ2n) is 6.43. The molecule has 1 aromatic rings. The third kappa shape index (κ3) is 7.13. The molecule has 0 saturated carbocycles. The Balaban J connectivity index is 2.54. The minimum atomic E-state index is 0.458. The van der Waals surface area contributed by atoms with Crippen LogP contribution in [-0.2, 0) is 0 Å². The SMILES string of the molecule is CCCCCC(CCCCC)N[C@H](C)c1ccccc1C. The maximum Gasteiger partial charge on any atom is 0.0296 e. The van der Waals surface area contributed by atoms with Gasteiger partial charge in [0.15, 0.2) is 0 Å². The van der Waals surface area contributed by atoms with E-state index in [-0.39, 0.29) is 0 Å². The van der Waals surface area contributed by atoms with E-state index in [0.29, 0.717) is 12.1 Å². The average Bonchev–Trinajstić information content (AvgIpc) is 2.48. The fourth-order valence-corrected chi connectivity index (χ4v) is 3.11. The standard InChI is InChI=1S/C20H35N/c1-5-7-9-14-19(15-10-8-6-2)21-18(4)20-16-12-11-13-17(20)3/h11-13,16,18-19,21H,5-10,14-15H2,1-4H3/t18-/m1/s1. The third-order valence-corrected chi connectivity index (χ3v) is 4.45. The molecule has 0 unspecified atom stereocenters. The molecule has 1 rings (SSSR count). The Bertz CT molecular complexity index is 362. The number of unbranched alkanes of at least 4 members (excludes halogenated alkanes) is 4. The predicted octanol–water partition coefficient (Wildman–Crippen LogP) is 6.17. The molecule has 0 bridgehead atoms. The van der Waals surface area contributed by atoms with Gasteiger partial charge in [0.05, 0.1) is 0 Å². The lowest BCUT2D eigenvalue weighted by Gasteiger charge is -2.25. The van der Waals surface area contributed by atoms with Gasteiger partial charge in [-0.25, -0.2) is 0 Å². The maximum absolute atomic E-state index is 3.89. The van der Waals surface area contributed by atoms with E-state index in [9.17, 15) is 0 Å². The first kappa shape index (κ1) is 18.2. The molecule has 1 nitrogen and oxygen atoms in total. The Labute approximate surface area is 132 Å². The van der Waals surface area contributed by atoms with Crippen LogP contribution in [0.5, 0.6) is 0 Å². The zero-order valence-corrected chi connectivity index (χ0v) is 14.6. The largest absolute Gasteiger partial charge is 0.307 e. The average molecular weight is 290 g/mol. The molecule has 0 radical (unpaired) electrons. The van der Waals surface area contributed by atoms with Gasteiger partial charge in [0.1, 0.15) is 0 Å². The molecule has 0 spiro atoms. The summed E-state index contributed by atoms with van der Waals surface area (Å²) in [5.74, 6) is 0. The second kappa shape index (κ2) is 10.8. The van der Waals surface area contributed by atoms with Crippen LogP contribution in [0.15, 0.2) is 24.3 Å². The van der Waals surface area contributed by atoms with Crippen molar-refractivity contribution in [2.45, 2.75) is 91.1 Å². The molecule has 1 N–H and O–H groups in total. The van der Waals surface area contributed by atoms with Crippen molar-refractivity contribution in [2.24, 2.45) is 0 Å². The summed E-state index contributed by atoms with van der Waals surface area (Å²) >= 11 is 0. The fourth-order valence-electron chi connectivity index (χ4n) is 3.11. The lowest BCUT2D eigenvalue weighted by molar-refractivity contribution is 0.384. The van der Waals surface area contributed by atoms with E-state index in [4.69, 9.17) is 0 Å². The van der Waals surface area contributed by atoms with Crippen LogP contribution in [0.4, 0.5) is 0 Å². The summed E-state index contributed by atoms with van der Waals surface area (Å²) in [6.07, 6.45) is 10.7. The highest BCUT2D eigenvalue weighted by atomic mass is 14.9. The van der Waals surface area contributed by atoms with Crippen molar-refractivity contribution in [3.63, 3.8) is 0 Å². The zero-order chi connectivity index (χ0) is 15.5. The summed E-state index contributed by atoms with van der Waals surface area (Å²) in [7, 11) is 0. The Hall–Kier alpha value is -0.820. The van der Waals surface area contributed by atoms with Gasteiger partial charge in [0, 0.05) is 12.1 Å². The number of benzene rings is 1. The summed E-state index contributed by atoms with van der Waals surface area (Å²) in [6.45, 7) is 9.11. The van der Waals surface area contributed by atoms with E-state index in [1.165, 1.54) is 62.5 Å². The molecule has 120 valence electrons. The van der Waals surface area contributed by atoms with Gasteiger partial charge < -0.3 is 5.32 Å². The van der Waals surface area contributed by atoms with Crippen molar-refractivity contribution in [1.29, 1.82) is 0 Å². The van der Waals surface area contributed by atoms with E-state index >= 15 is 0 Å². The summed E-state index contributed by atoms with van der Waals surface area (Å²) in [6, 6.07) is 9.91.